The van der Waals surface area contributed by atoms with E-state index in [4.69, 9.17) is 18.9 Å². The summed E-state index contributed by atoms with van der Waals surface area (Å²) < 4.78 is 21.4. The molecule has 0 amide bonds. The van der Waals surface area contributed by atoms with Crippen molar-refractivity contribution >= 4 is 11.9 Å². The van der Waals surface area contributed by atoms with Crippen molar-refractivity contribution in [3.8, 4) is 0 Å². The van der Waals surface area contributed by atoms with E-state index in [9.17, 15) is 9.59 Å². The van der Waals surface area contributed by atoms with E-state index >= 15 is 0 Å². The van der Waals surface area contributed by atoms with Crippen LogP contribution in [0.5, 0.6) is 0 Å². The van der Waals surface area contributed by atoms with Crippen molar-refractivity contribution in [2.75, 3.05) is 6.61 Å². The maximum atomic E-state index is 11.1. The SMILES string of the molecule is CC(=O)OCC1OC(OC(C)(C)C)C=CC1OC(C)=O. The minimum absolute atomic E-state index is 0.00161. The van der Waals surface area contributed by atoms with Gasteiger partial charge in [0.15, 0.2) is 6.29 Å². The summed E-state index contributed by atoms with van der Waals surface area (Å²) in [4.78, 5) is 21.9. The van der Waals surface area contributed by atoms with Gasteiger partial charge in [0.25, 0.3) is 0 Å². The first-order valence-corrected chi connectivity index (χ1v) is 6.49. The van der Waals surface area contributed by atoms with Gasteiger partial charge in [0.2, 0.25) is 0 Å². The van der Waals surface area contributed by atoms with E-state index in [1.165, 1.54) is 13.8 Å². The summed E-state index contributed by atoms with van der Waals surface area (Å²) in [7, 11) is 0. The highest BCUT2D eigenvalue weighted by atomic mass is 16.7. The third-order valence-electron chi connectivity index (χ3n) is 2.36. The standard InChI is InChI=1S/C14H22O6/c1-9(15)17-8-12-11(18-10(2)16)6-7-13(19-12)20-14(3,4)5/h6-7,11-13H,8H2,1-5H3. The number of rotatable bonds is 4. The van der Waals surface area contributed by atoms with Crippen LogP contribution in [0.2, 0.25) is 0 Å². The summed E-state index contributed by atoms with van der Waals surface area (Å²) in [6, 6.07) is 0. The molecule has 0 radical (unpaired) electrons. The van der Waals surface area contributed by atoms with Crippen molar-refractivity contribution in [1.29, 1.82) is 0 Å². The largest absolute Gasteiger partial charge is 0.463 e. The Labute approximate surface area is 119 Å². The molecule has 0 aliphatic carbocycles. The first-order chi connectivity index (χ1) is 9.17. The summed E-state index contributed by atoms with van der Waals surface area (Å²) in [6.45, 7) is 8.34. The molecule has 0 spiro atoms. The molecular weight excluding hydrogens is 264 g/mol. The second-order valence-corrected chi connectivity index (χ2v) is 5.53. The molecule has 0 aromatic heterocycles. The zero-order chi connectivity index (χ0) is 15.3. The molecule has 3 atom stereocenters. The van der Waals surface area contributed by atoms with Gasteiger partial charge in [-0.25, -0.2) is 0 Å². The van der Waals surface area contributed by atoms with Crippen molar-refractivity contribution in [2.24, 2.45) is 0 Å². The molecule has 1 heterocycles. The Morgan fingerprint density at radius 1 is 1.15 bits per heavy atom. The van der Waals surface area contributed by atoms with Crippen LogP contribution < -0.4 is 0 Å². The van der Waals surface area contributed by atoms with Gasteiger partial charge < -0.3 is 18.9 Å². The lowest BCUT2D eigenvalue weighted by Crippen LogP contribution is -2.43. The monoisotopic (exact) mass is 286 g/mol. The van der Waals surface area contributed by atoms with Gasteiger partial charge in [-0.2, -0.15) is 0 Å². The van der Waals surface area contributed by atoms with E-state index in [0.29, 0.717) is 0 Å². The molecule has 0 bridgehead atoms. The van der Waals surface area contributed by atoms with Gasteiger partial charge in [-0.3, -0.25) is 9.59 Å². The molecule has 114 valence electrons. The van der Waals surface area contributed by atoms with E-state index < -0.39 is 30.4 Å². The normalized spacial score (nSPS) is 26.1. The highest BCUT2D eigenvalue weighted by molar-refractivity contribution is 5.66. The van der Waals surface area contributed by atoms with Crippen molar-refractivity contribution in [2.45, 2.75) is 58.7 Å². The van der Waals surface area contributed by atoms with Crippen LogP contribution in [0.1, 0.15) is 34.6 Å². The zero-order valence-corrected chi connectivity index (χ0v) is 12.5. The van der Waals surface area contributed by atoms with Crippen molar-refractivity contribution in [1.82, 2.24) is 0 Å². The van der Waals surface area contributed by atoms with Crippen LogP contribution in [-0.2, 0) is 28.5 Å². The number of ether oxygens (including phenoxy) is 4. The molecule has 1 rings (SSSR count). The van der Waals surface area contributed by atoms with Gasteiger partial charge in [-0.1, -0.05) is 0 Å². The van der Waals surface area contributed by atoms with E-state index in [0.717, 1.165) is 0 Å². The second kappa shape index (κ2) is 6.85. The summed E-state index contributed by atoms with van der Waals surface area (Å²) >= 11 is 0. The van der Waals surface area contributed by atoms with Crippen LogP contribution in [0.25, 0.3) is 0 Å². The summed E-state index contributed by atoms with van der Waals surface area (Å²) in [5, 5.41) is 0. The lowest BCUT2D eigenvalue weighted by atomic mass is 10.1. The predicted octanol–water partition coefficient (Wildman–Crippen LogP) is 1.58. The molecule has 1 aliphatic heterocycles. The van der Waals surface area contributed by atoms with E-state index in [2.05, 4.69) is 0 Å². The minimum Gasteiger partial charge on any atom is -0.463 e. The maximum Gasteiger partial charge on any atom is 0.303 e. The van der Waals surface area contributed by atoms with E-state index in [1.807, 2.05) is 20.8 Å². The van der Waals surface area contributed by atoms with Crippen molar-refractivity contribution in [3.63, 3.8) is 0 Å². The Bertz CT molecular complexity index is 382. The van der Waals surface area contributed by atoms with E-state index in [-0.39, 0.29) is 12.2 Å². The number of carbonyl (C=O) groups is 2. The molecule has 0 fully saturated rings. The Hall–Kier alpha value is -1.40. The lowest BCUT2D eigenvalue weighted by Gasteiger charge is -2.34. The number of esters is 2. The molecule has 0 aromatic carbocycles. The Morgan fingerprint density at radius 2 is 1.80 bits per heavy atom. The molecule has 6 heteroatoms. The third kappa shape index (κ3) is 6.16. The van der Waals surface area contributed by atoms with Gasteiger partial charge >= 0.3 is 11.9 Å². The Morgan fingerprint density at radius 3 is 2.30 bits per heavy atom. The lowest BCUT2D eigenvalue weighted by molar-refractivity contribution is -0.223. The third-order valence-corrected chi connectivity index (χ3v) is 2.36. The molecule has 0 N–H and O–H groups in total. The average Bonchev–Trinajstić information content (AvgIpc) is 2.26. The van der Waals surface area contributed by atoms with E-state index in [1.54, 1.807) is 12.2 Å². The fourth-order valence-electron chi connectivity index (χ4n) is 1.68. The van der Waals surface area contributed by atoms with Gasteiger partial charge in [0.05, 0.1) is 5.60 Å². The van der Waals surface area contributed by atoms with Crippen molar-refractivity contribution in [3.05, 3.63) is 12.2 Å². The average molecular weight is 286 g/mol. The molecular formula is C14H22O6. The smallest absolute Gasteiger partial charge is 0.303 e. The molecule has 3 unspecified atom stereocenters. The Kier molecular flexibility index (Phi) is 5.71. The summed E-state index contributed by atoms with van der Waals surface area (Å²) in [5.41, 5.74) is -0.380. The molecule has 6 nitrogen and oxygen atoms in total. The topological polar surface area (TPSA) is 71.1 Å². The van der Waals surface area contributed by atoms with Gasteiger partial charge in [0.1, 0.15) is 18.8 Å². The van der Waals surface area contributed by atoms with Crippen molar-refractivity contribution < 1.29 is 28.5 Å². The van der Waals surface area contributed by atoms with Crippen LogP contribution in [0, 0.1) is 0 Å². The predicted molar refractivity (Wildman–Crippen MR) is 70.8 cm³/mol. The van der Waals surface area contributed by atoms with Crippen LogP contribution in [0.3, 0.4) is 0 Å². The number of hydrogen-bond acceptors (Lipinski definition) is 6. The zero-order valence-electron chi connectivity index (χ0n) is 12.5. The summed E-state index contributed by atoms with van der Waals surface area (Å²) in [6.07, 6.45) is 1.63. The quantitative estimate of drug-likeness (QED) is 0.577. The molecule has 0 saturated heterocycles. The molecule has 1 aliphatic rings. The van der Waals surface area contributed by atoms with Crippen LogP contribution in [-0.4, -0.2) is 42.6 Å². The highest BCUT2D eigenvalue weighted by Gasteiger charge is 2.32. The number of carbonyl (C=O) groups excluding carboxylic acids is 2. The Balaban J connectivity index is 2.71. The first kappa shape index (κ1) is 16.7. The van der Waals surface area contributed by atoms with Crippen LogP contribution >= 0.6 is 0 Å². The van der Waals surface area contributed by atoms with Crippen LogP contribution in [0.4, 0.5) is 0 Å². The van der Waals surface area contributed by atoms with Crippen LogP contribution in [0.15, 0.2) is 12.2 Å². The molecule has 0 saturated carbocycles. The molecule has 20 heavy (non-hydrogen) atoms. The second-order valence-electron chi connectivity index (χ2n) is 5.53. The first-order valence-electron chi connectivity index (χ1n) is 6.49. The maximum absolute atomic E-state index is 11.1. The minimum atomic E-state index is -0.591. The molecule has 0 aromatic rings. The summed E-state index contributed by atoms with van der Waals surface area (Å²) in [5.74, 6) is -0.843. The fraction of sp³-hybridized carbons (Fsp3) is 0.714. The van der Waals surface area contributed by atoms with Gasteiger partial charge in [-0.05, 0) is 32.9 Å². The highest BCUT2D eigenvalue weighted by Crippen LogP contribution is 2.21. The van der Waals surface area contributed by atoms with Gasteiger partial charge in [0, 0.05) is 13.8 Å². The number of hydrogen-bond donors (Lipinski definition) is 0. The van der Waals surface area contributed by atoms with Gasteiger partial charge in [-0.15, -0.1) is 0 Å². The fourth-order valence-corrected chi connectivity index (χ4v) is 1.68.